The number of hydrogen-bond donors (Lipinski definition) is 2. The second kappa shape index (κ2) is 11.5. The summed E-state index contributed by atoms with van der Waals surface area (Å²) >= 11 is 6.08. The highest BCUT2D eigenvalue weighted by atomic mass is 127. The highest BCUT2D eigenvalue weighted by molar-refractivity contribution is 14.0. The van der Waals surface area contributed by atoms with Gasteiger partial charge in [0.1, 0.15) is 18.1 Å². The van der Waals surface area contributed by atoms with Crippen molar-refractivity contribution in [1.29, 1.82) is 0 Å². The topological polar surface area (TPSA) is 68.9 Å². The minimum Gasteiger partial charge on any atom is -0.495 e. The zero-order valence-corrected chi connectivity index (χ0v) is 17.5. The zero-order chi connectivity index (χ0) is 18.1. The molecule has 0 aliphatic rings. The van der Waals surface area contributed by atoms with E-state index >= 15 is 0 Å². The number of nitrogens with zero attached hydrogens (tertiary/aromatic N) is 1. The number of aliphatic imine (C=N–C) groups is 1. The van der Waals surface area contributed by atoms with Gasteiger partial charge in [-0.15, -0.1) is 30.4 Å². The van der Waals surface area contributed by atoms with E-state index in [9.17, 15) is 0 Å². The van der Waals surface area contributed by atoms with Crippen LogP contribution in [0, 0.1) is 12.3 Å². The number of methoxy groups -OCH3 is 1. The van der Waals surface area contributed by atoms with Crippen LogP contribution in [0.2, 0.25) is 5.02 Å². The summed E-state index contributed by atoms with van der Waals surface area (Å²) < 4.78 is 10.4. The van der Waals surface area contributed by atoms with Crippen LogP contribution in [0.4, 0.5) is 5.69 Å². The number of anilines is 1. The lowest BCUT2D eigenvalue weighted by Crippen LogP contribution is -2.23. The summed E-state index contributed by atoms with van der Waals surface area (Å²) in [6.07, 6.45) is 5.92. The molecule has 5 nitrogen and oxygen atoms in total. The molecule has 0 saturated carbocycles. The number of rotatable bonds is 7. The molecular weight excluding hydrogens is 465 g/mol. The predicted molar refractivity (Wildman–Crippen MR) is 118 cm³/mol. The second-order valence-electron chi connectivity index (χ2n) is 5.13. The van der Waals surface area contributed by atoms with Crippen LogP contribution in [-0.2, 0) is 6.42 Å². The van der Waals surface area contributed by atoms with E-state index in [1.165, 1.54) is 0 Å². The van der Waals surface area contributed by atoms with Crippen LogP contribution in [0.15, 0.2) is 47.5 Å². The Morgan fingerprint density at radius 2 is 2.00 bits per heavy atom. The number of ether oxygens (including phenoxy) is 2. The fourth-order valence-corrected chi connectivity index (χ4v) is 2.37. The predicted octanol–water partition coefficient (Wildman–Crippen LogP) is 3.95. The number of hydrogen-bond acceptors (Lipinski definition) is 3. The molecule has 0 fully saturated rings. The zero-order valence-electron chi connectivity index (χ0n) is 14.4. The normalized spacial score (nSPS) is 10.4. The maximum absolute atomic E-state index is 6.08. The fourth-order valence-electron chi connectivity index (χ4n) is 2.11. The molecule has 0 radical (unpaired) electrons. The smallest absolute Gasteiger partial charge is 0.193 e. The highest BCUT2D eigenvalue weighted by Gasteiger charge is 2.02. The Kier molecular flexibility index (Phi) is 9.70. The number of guanidine groups is 1. The Bertz CT molecular complexity index is 773. The van der Waals surface area contributed by atoms with Gasteiger partial charge in [-0.1, -0.05) is 29.7 Å². The maximum atomic E-state index is 6.08. The summed E-state index contributed by atoms with van der Waals surface area (Å²) in [6, 6.07) is 13.1. The highest BCUT2D eigenvalue weighted by Crippen LogP contribution is 2.27. The summed E-state index contributed by atoms with van der Waals surface area (Å²) in [7, 11) is 1.57. The van der Waals surface area contributed by atoms with Gasteiger partial charge in [0, 0.05) is 12.2 Å². The monoisotopic (exact) mass is 485 g/mol. The van der Waals surface area contributed by atoms with E-state index < -0.39 is 0 Å². The first-order chi connectivity index (χ1) is 12.1. The Labute approximate surface area is 176 Å². The van der Waals surface area contributed by atoms with Crippen molar-refractivity contribution in [3.63, 3.8) is 0 Å². The Morgan fingerprint density at radius 1 is 1.27 bits per heavy atom. The third-order valence-electron chi connectivity index (χ3n) is 3.35. The van der Waals surface area contributed by atoms with Crippen molar-refractivity contribution >= 4 is 47.2 Å². The molecule has 0 atom stereocenters. The van der Waals surface area contributed by atoms with Gasteiger partial charge in [-0.3, -0.25) is 4.99 Å². The van der Waals surface area contributed by atoms with Crippen molar-refractivity contribution < 1.29 is 9.47 Å². The Balaban J connectivity index is 0.00000338. The summed E-state index contributed by atoms with van der Waals surface area (Å²) in [6.45, 7) is 0.828. The van der Waals surface area contributed by atoms with Crippen LogP contribution >= 0.6 is 35.6 Å². The van der Waals surface area contributed by atoms with E-state index in [0.717, 1.165) is 23.4 Å². The maximum Gasteiger partial charge on any atom is 0.193 e. The van der Waals surface area contributed by atoms with E-state index in [1.807, 2.05) is 30.3 Å². The molecule has 0 heterocycles. The molecule has 0 aliphatic carbocycles. The quantitative estimate of drug-likeness (QED) is 0.270. The molecule has 0 aromatic heterocycles. The average Bonchev–Trinajstić information content (AvgIpc) is 2.61. The summed E-state index contributed by atoms with van der Waals surface area (Å²) in [5.74, 6) is 4.12. The van der Waals surface area contributed by atoms with Crippen molar-refractivity contribution in [2.75, 3.05) is 25.6 Å². The summed E-state index contributed by atoms with van der Waals surface area (Å²) in [5, 5.41) is 3.51. The van der Waals surface area contributed by atoms with Gasteiger partial charge in [-0.2, -0.15) is 0 Å². The third-order valence-corrected chi connectivity index (χ3v) is 3.65. The number of nitrogens with one attached hydrogen (secondary N) is 1. The van der Waals surface area contributed by atoms with E-state index in [1.54, 1.807) is 19.2 Å². The standard InChI is InChI=1S/C19H20ClN3O2.HI/c1-3-12-25-16-7-4-14(5-8-16)10-11-22-19(21)23-15-6-9-18(24-2)17(20)13-15;/h1,4-9,13H,10-12H2,2H3,(H3,21,22,23);1H. The first-order valence-corrected chi connectivity index (χ1v) is 8.06. The van der Waals surface area contributed by atoms with Crippen molar-refractivity contribution in [1.82, 2.24) is 0 Å². The van der Waals surface area contributed by atoms with Crippen LogP contribution in [0.25, 0.3) is 0 Å². The fraction of sp³-hybridized carbons (Fsp3) is 0.211. The first kappa shape index (κ1) is 21.9. The largest absolute Gasteiger partial charge is 0.495 e. The third kappa shape index (κ3) is 7.02. The number of benzene rings is 2. The molecule has 2 aromatic carbocycles. The molecule has 3 N–H and O–H groups in total. The van der Waals surface area contributed by atoms with Gasteiger partial charge in [-0.25, -0.2) is 0 Å². The van der Waals surface area contributed by atoms with Gasteiger partial charge in [0.2, 0.25) is 0 Å². The van der Waals surface area contributed by atoms with E-state index in [4.69, 9.17) is 33.2 Å². The van der Waals surface area contributed by atoms with Crippen molar-refractivity contribution in [2.24, 2.45) is 10.7 Å². The minimum atomic E-state index is 0. The lowest BCUT2D eigenvalue weighted by molar-refractivity contribution is 0.370. The van der Waals surface area contributed by atoms with Gasteiger partial charge in [0.05, 0.1) is 12.1 Å². The van der Waals surface area contributed by atoms with Crippen molar-refractivity contribution in [3.05, 3.63) is 53.1 Å². The molecule has 0 amide bonds. The van der Waals surface area contributed by atoms with Gasteiger partial charge < -0.3 is 20.5 Å². The van der Waals surface area contributed by atoms with Gasteiger partial charge in [0.25, 0.3) is 0 Å². The first-order valence-electron chi connectivity index (χ1n) is 7.68. The second-order valence-corrected chi connectivity index (χ2v) is 5.54. The molecule has 0 unspecified atom stereocenters. The van der Waals surface area contributed by atoms with E-state index in [0.29, 0.717) is 23.3 Å². The van der Waals surface area contributed by atoms with Gasteiger partial charge in [-0.05, 0) is 42.3 Å². The Hall–Kier alpha value is -2.11. The minimum absolute atomic E-state index is 0. The lowest BCUT2D eigenvalue weighted by atomic mass is 10.1. The lowest BCUT2D eigenvalue weighted by Gasteiger charge is -2.08. The number of terminal acetylenes is 1. The SMILES string of the molecule is C#CCOc1ccc(CCN=C(N)Nc2ccc(OC)c(Cl)c2)cc1.I. The van der Waals surface area contributed by atoms with Crippen LogP contribution in [0.1, 0.15) is 5.56 Å². The average molecular weight is 486 g/mol. The molecule has 0 saturated heterocycles. The van der Waals surface area contributed by atoms with Crippen molar-refractivity contribution in [3.8, 4) is 23.8 Å². The molecule has 26 heavy (non-hydrogen) atoms. The van der Waals surface area contributed by atoms with Crippen LogP contribution in [-0.4, -0.2) is 26.2 Å². The molecular formula is C19H21ClIN3O2. The summed E-state index contributed by atoms with van der Waals surface area (Å²) in [5.41, 5.74) is 7.78. The molecule has 0 aliphatic heterocycles. The van der Waals surface area contributed by atoms with Crippen molar-refractivity contribution in [2.45, 2.75) is 6.42 Å². The number of nitrogens with two attached hydrogens (primary N) is 1. The molecule has 7 heteroatoms. The van der Waals surface area contributed by atoms with Crippen LogP contribution in [0.5, 0.6) is 11.5 Å². The van der Waals surface area contributed by atoms with E-state index in [-0.39, 0.29) is 30.6 Å². The van der Waals surface area contributed by atoms with Crippen LogP contribution in [0.3, 0.4) is 0 Å². The summed E-state index contributed by atoms with van der Waals surface area (Å²) in [4.78, 5) is 4.31. The molecule has 0 spiro atoms. The number of halogens is 2. The molecule has 2 aromatic rings. The molecule has 138 valence electrons. The van der Waals surface area contributed by atoms with E-state index in [2.05, 4.69) is 16.2 Å². The molecule has 2 rings (SSSR count). The van der Waals surface area contributed by atoms with Gasteiger partial charge >= 0.3 is 0 Å². The van der Waals surface area contributed by atoms with Gasteiger partial charge in [0.15, 0.2) is 5.96 Å². The van der Waals surface area contributed by atoms with Crippen LogP contribution < -0.4 is 20.5 Å². The molecule has 0 bridgehead atoms. The Morgan fingerprint density at radius 3 is 2.62 bits per heavy atom.